The molecule has 0 aliphatic heterocycles. The van der Waals surface area contributed by atoms with Crippen LogP contribution in [0.3, 0.4) is 0 Å². The Morgan fingerprint density at radius 1 is 1.50 bits per heavy atom. The van der Waals surface area contributed by atoms with E-state index in [9.17, 15) is 13.2 Å². The molecule has 1 aliphatic rings. The summed E-state index contributed by atoms with van der Waals surface area (Å²) in [6.07, 6.45) is 2.49. The predicted molar refractivity (Wildman–Crippen MR) is 65.4 cm³/mol. The average molecular weight is 280 g/mol. The second kappa shape index (κ2) is 5.96. The summed E-state index contributed by atoms with van der Waals surface area (Å²) in [5.74, 6) is -1.02. The molecule has 7 nitrogen and oxygen atoms in total. The highest BCUT2D eigenvalue weighted by Gasteiger charge is 2.38. The number of carboxylic acids is 1. The van der Waals surface area contributed by atoms with Crippen molar-refractivity contribution in [3.8, 4) is 0 Å². The molecular weight excluding hydrogens is 260 g/mol. The molecule has 0 unspecified atom stereocenters. The SMILES string of the molecule is COC1(CNS(=O)(=O)N(C)CCC(=O)O)CCC1. The fourth-order valence-corrected chi connectivity index (χ4v) is 2.73. The second-order valence-electron chi connectivity index (χ2n) is 4.53. The van der Waals surface area contributed by atoms with Gasteiger partial charge in [-0.2, -0.15) is 17.4 Å². The summed E-state index contributed by atoms with van der Waals surface area (Å²) in [6, 6.07) is 0. The third kappa shape index (κ3) is 3.91. The molecule has 8 heteroatoms. The second-order valence-corrected chi connectivity index (χ2v) is 6.39. The van der Waals surface area contributed by atoms with E-state index in [4.69, 9.17) is 9.84 Å². The first-order valence-electron chi connectivity index (χ1n) is 5.79. The molecule has 0 heterocycles. The molecule has 2 N–H and O–H groups in total. The van der Waals surface area contributed by atoms with Crippen LogP contribution in [0.5, 0.6) is 0 Å². The molecule has 106 valence electrons. The standard InChI is InChI=1S/C10H20N2O5S/c1-12(7-4-9(13)14)18(15,16)11-8-10(17-2)5-3-6-10/h11H,3-8H2,1-2H3,(H,13,14). The maximum Gasteiger partial charge on any atom is 0.304 e. The van der Waals surface area contributed by atoms with E-state index in [0.717, 1.165) is 23.6 Å². The van der Waals surface area contributed by atoms with Crippen LogP contribution in [0.1, 0.15) is 25.7 Å². The molecule has 0 aromatic carbocycles. The zero-order valence-electron chi connectivity index (χ0n) is 10.7. The number of nitrogens with zero attached hydrogens (tertiary/aromatic N) is 1. The summed E-state index contributed by atoms with van der Waals surface area (Å²) < 4.78 is 32.4. The highest BCUT2D eigenvalue weighted by Crippen LogP contribution is 2.34. The molecule has 0 aromatic heterocycles. The van der Waals surface area contributed by atoms with Gasteiger partial charge in [-0.05, 0) is 19.3 Å². The van der Waals surface area contributed by atoms with Crippen LogP contribution < -0.4 is 4.72 Å². The lowest BCUT2D eigenvalue weighted by Crippen LogP contribution is -2.51. The Morgan fingerprint density at radius 2 is 2.11 bits per heavy atom. The van der Waals surface area contributed by atoms with E-state index in [2.05, 4.69) is 4.72 Å². The predicted octanol–water partition coefficient (Wildman–Crippen LogP) is -0.204. The fraction of sp³-hybridized carbons (Fsp3) is 0.900. The summed E-state index contributed by atoms with van der Waals surface area (Å²) >= 11 is 0. The number of rotatable bonds is 8. The summed E-state index contributed by atoms with van der Waals surface area (Å²) in [5, 5.41) is 8.51. The number of carboxylic acid groups (broad SMARTS) is 1. The summed E-state index contributed by atoms with van der Waals surface area (Å²) in [6.45, 7) is 0.174. The third-order valence-corrected chi connectivity index (χ3v) is 4.84. The van der Waals surface area contributed by atoms with E-state index in [1.165, 1.54) is 7.05 Å². The van der Waals surface area contributed by atoms with Crippen molar-refractivity contribution in [3.63, 3.8) is 0 Å². The zero-order chi connectivity index (χ0) is 13.8. The molecule has 1 aliphatic carbocycles. The molecule has 1 rings (SSSR count). The molecule has 0 bridgehead atoms. The first-order chi connectivity index (χ1) is 8.31. The van der Waals surface area contributed by atoms with Gasteiger partial charge in [0.25, 0.3) is 10.2 Å². The van der Waals surface area contributed by atoms with E-state index < -0.39 is 16.2 Å². The van der Waals surface area contributed by atoms with Crippen molar-refractivity contribution in [2.75, 3.05) is 27.2 Å². The Kier molecular flexibility index (Phi) is 5.09. The van der Waals surface area contributed by atoms with E-state index in [1.807, 2.05) is 0 Å². The van der Waals surface area contributed by atoms with Gasteiger partial charge < -0.3 is 9.84 Å². The lowest BCUT2D eigenvalue weighted by Gasteiger charge is -2.40. The van der Waals surface area contributed by atoms with Crippen LogP contribution in [0.4, 0.5) is 0 Å². The van der Waals surface area contributed by atoms with E-state index in [0.29, 0.717) is 0 Å². The molecule has 1 saturated carbocycles. The molecular formula is C10H20N2O5S. The van der Waals surface area contributed by atoms with Gasteiger partial charge in [0.15, 0.2) is 0 Å². The minimum atomic E-state index is -3.64. The van der Waals surface area contributed by atoms with Crippen LogP contribution in [0.25, 0.3) is 0 Å². The Balaban J connectivity index is 2.46. The normalized spacial score (nSPS) is 18.6. The number of carbonyl (C=O) groups is 1. The lowest BCUT2D eigenvalue weighted by molar-refractivity contribution is -0.137. The van der Waals surface area contributed by atoms with Crippen LogP contribution in [-0.4, -0.2) is 56.6 Å². The molecule has 18 heavy (non-hydrogen) atoms. The molecule has 0 saturated heterocycles. The first-order valence-corrected chi connectivity index (χ1v) is 7.23. The van der Waals surface area contributed by atoms with Crippen LogP contribution in [-0.2, 0) is 19.7 Å². The van der Waals surface area contributed by atoms with E-state index in [-0.39, 0.29) is 25.1 Å². The zero-order valence-corrected chi connectivity index (χ0v) is 11.5. The van der Waals surface area contributed by atoms with E-state index >= 15 is 0 Å². The molecule has 1 fully saturated rings. The number of aliphatic carboxylic acids is 1. The fourth-order valence-electron chi connectivity index (χ4n) is 1.73. The number of hydrogen-bond donors (Lipinski definition) is 2. The van der Waals surface area contributed by atoms with Crippen molar-refractivity contribution >= 4 is 16.2 Å². The van der Waals surface area contributed by atoms with Crippen LogP contribution in [0.15, 0.2) is 0 Å². The first kappa shape index (κ1) is 15.4. The number of methoxy groups -OCH3 is 1. The topological polar surface area (TPSA) is 95.9 Å². The highest BCUT2D eigenvalue weighted by atomic mass is 32.2. The Morgan fingerprint density at radius 3 is 2.50 bits per heavy atom. The Labute approximate surface area is 107 Å². The summed E-state index contributed by atoms with van der Waals surface area (Å²) in [5.41, 5.74) is -0.388. The van der Waals surface area contributed by atoms with Crippen LogP contribution in [0, 0.1) is 0 Å². The minimum absolute atomic E-state index is 0.0509. The highest BCUT2D eigenvalue weighted by molar-refractivity contribution is 7.87. The van der Waals surface area contributed by atoms with Gasteiger partial charge in [-0.25, -0.2) is 0 Å². The number of ether oxygens (including phenoxy) is 1. The maximum absolute atomic E-state index is 11.8. The molecule has 0 spiro atoms. The number of nitrogens with one attached hydrogen (secondary N) is 1. The Hall–Kier alpha value is -0.700. The number of hydrogen-bond acceptors (Lipinski definition) is 4. The maximum atomic E-state index is 11.8. The van der Waals surface area contributed by atoms with Gasteiger partial charge in [0.05, 0.1) is 12.0 Å². The van der Waals surface area contributed by atoms with Gasteiger partial charge >= 0.3 is 5.97 Å². The minimum Gasteiger partial charge on any atom is -0.481 e. The Bertz CT molecular complexity index is 386. The van der Waals surface area contributed by atoms with Gasteiger partial charge in [0.1, 0.15) is 0 Å². The molecule has 0 radical (unpaired) electrons. The largest absolute Gasteiger partial charge is 0.481 e. The van der Waals surface area contributed by atoms with Crippen molar-refractivity contribution in [2.24, 2.45) is 0 Å². The summed E-state index contributed by atoms with van der Waals surface area (Å²) in [4.78, 5) is 10.4. The van der Waals surface area contributed by atoms with Crippen molar-refractivity contribution in [3.05, 3.63) is 0 Å². The van der Waals surface area contributed by atoms with Gasteiger partial charge in [-0.1, -0.05) is 0 Å². The quantitative estimate of drug-likeness (QED) is 0.641. The monoisotopic (exact) mass is 280 g/mol. The van der Waals surface area contributed by atoms with E-state index in [1.54, 1.807) is 7.11 Å². The molecule has 0 atom stereocenters. The average Bonchev–Trinajstić information content (AvgIpc) is 2.24. The van der Waals surface area contributed by atoms with Gasteiger partial charge in [-0.15, -0.1) is 0 Å². The van der Waals surface area contributed by atoms with Gasteiger partial charge in [0, 0.05) is 27.2 Å². The van der Waals surface area contributed by atoms with Gasteiger partial charge in [0.2, 0.25) is 0 Å². The van der Waals surface area contributed by atoms with Crippen LogP contribution >= 0.6 is 0 Å². The third-order valence-electron chi connectivity index (χ3n) is 3.33. The van der Waals surface area contributed by atoms with Crippen molar-refractivity contribution in [2.45, 2.75) is 31.3 Å². The lowest BCUT2D eigenvalue weighted by atomic mass is 9.80. The van der Waals surface area contributed by atoms with Crippen molar-refractivity contribution in [1.82, 2.24) is 9.03 Å². The van der Waals surface area contributed by atoms with Crippen molar-refractivity contribution < 1.29 is 23.1 Å². The van der Waals surface area contributed by atoms with Crippen LogP contribution in [0.2, 0.25) is 0 Å². The smallest absolute Gasteiger partial charge is 0.304 e. The molecule has 0 amide bonds. The van der Waals surface area contributed by atoms with Crippen molar-refractivity contribution in [1.29, 1.82) is 0 Å². The summed E-state index contributed by atoms with van der Waals surface area (Å²) in [7, 11) is -0.712. The van der Waals surface area contributed by atoms with Gasteiger partial charge in [-0.3, -0.25) is 4.79 Å². The molecule has 0 aromatic rings.